The van der Waals surface area contributed by atoms with Crippen LogP contribution in [0.1, 0.15) is 5.56 Å². The molecule has 0 radical (unpaired) electrons. The molecule has 0 amide bonds. The highest BCUT2D eigenvalue weighted by molar-refractivity contribution is 6.32. The molecule has 2 aromatic rings. The minimum Gasteiger partial charge on any atom is -0.324 e. The fourth-order valence-corrected chi connectivity index (χ4v) is 3.35. The van der Waals surface area contributed by atoms with Crippen LogP contribution < -0.4 is 22.1 Å². The Hall–Kier alpha value is -3.31. The summed E-state index contributed by atoms with van der Waals surface area (Å²) in [5.41, 5.74) is 2.15. The molecule has 1 aromatic heterocycles. The first-order chi connectivity index (χ1) is 14.2. The monoisotopic (exact) mass is 438 g/mol. The highest BCUT2D eigenvalue weighted by Crippen LogP contribution is 2.29. The summed E-state index contributed by atoms with van der Waals surface area (Å²) in [7, 11) is 1.81. The minimum atomic E-state index is -1.36. The topological polar surface area (TPSA) is 95.1 Å². The summed E-state index contributed by atoms with van der Waals surface area (Å²) in [4.78, 5) is 29.7. The minimum absolute atomic E-state index is 0.140. The van der Waals surface area contributed by atoms with Crippen LogP contribution in [0, 0.1) is 17.5 Å². The molecule has 0 fully saturated rings. The van der Waals surface area contributed by atoms with Gasteiger partial charge in [0, 0.05) is 24.9 Å². The number of fused-ring (bicyclic) bond motifs is 1. The van der Waals surface area contributed by atoms with Crippen molar-refractivity contribution in [3.05, 3.63) is 90.8 Å². The SMILES string of the molecule is CN1C=C2C=C(Nc3nc(=O)[nH]c(=O)n3Cc3cc(F)c(F)cc3F)C(Cl)=CC2N1. The lowest BCUT2D eigenvalue weighted by molar-refractivity contribution is 0.349. The zero-order valence-electron chi connectivity index (χ0n) is 15.3. The van der Waals surface area contributed by atoms with E-state index in [1.807, 2.05) is 11.2 Å². The van der Waals surface area contributed by atoms with Gasteiger partial charge in [-0.05, 0) is 23.8 Å². The summed E-state index contributed by atoms with van der Waals surface area (Å²) in [5.74, 6) is -3.93. The molecular formula is C18H14ClF3N6O2. The van der Waals surface area contributed by atoms with Crippen molar-refractivity contribution in [1.82, 2.24) is 25.0 Å². The summed E-state index contributed by atoms with van der Waals surface area (Å²) < 4.78 is 41.7. The lowest BCUT2D eigenvalue weighted by Crippen LogP contribution is -2.35. The lowest BCUT2D eigenvalue weighted by atomic mass is 10.0. The molecule has 1 aromatic carbocycles. The van der Waals surface area contributed by atoms with Crippen molar-refractivity contribution in [3.63, 3.8) is 0 Å². The first-order valence-corrected chi connectivity index (χ1v) is 9.01. The number of nitrogens with zero attached hydrogens (tertiary/aromatic N) is 3. The highest BCUT2D eigenvalue weighted by atomic mass is 35.5. The summed E-state index contributed by atoms with van der Waals surface area (Å²) in [6, 6.07) is 0.869. The maximum Gasteiger partial charge on any atom is 0.352 e. The Morgan fingerprint density at radius 1 is 1.20 bits per heavy atom. The van der Waals surface area contributed by atoms with Crippen LogP contribution in [0.4, 0.5) is 19.1 Å². The Kier molecular flexibility index (Phi) is 5.00. The number of benzene rings is 1. The fraction of sp³-hybridized carbons (Fsp3) is 0.167. The molecule has 8 nitrogen and oxygen atoms in total. The van der Waals surface area contributed by atoms with E-state index in [0.29, 0.717) is 22.9 Å². The number of hydrazine groups is 1. The standard InChI is InChI=1S/C18H14ClF3N6O2/c1-27-6-9-3-15(10(19)4-14(9)26-27)23-16-24-17(29)25-18(30)28(16)7-8-2-12(21)13(22)5-11(8)20/h2-6,14,26H,7H2,1H3,(H2,23,24,25,29,30). The average Bonchev–Trinajstić information content (AvgIpc) is 3.01. The van der Waals surface area contributed by atoms with Gasteiger partial charge >= 0.3 is 11.4 Å². The Morgan fingerprint density at radius 3 is 2.70 bits per heavy atom. The molecule has 3 N–H and O–H groups in total. The Labute approximate surface area is 172 Å². The lowest BCUT2D eigenvalue weighted by Gasteiger charge is -2.20. The number of H-pyrrole nitrogens is 1. The second kappa shape index (κ2) is 7.50. The van der Waals surface area contributed by atoms with E-state index in [9.17, 15) is 22.8 Å². The van der Waals surface area contributed by atoms with Gasteiger partial charge in [0.2, 0.25) is 5.95 Å². The number of rotatable bonds is 4. The van der Waals surface area contributed by atoms with E-state index in [4.69, 9.17) is 11.6 Å². The predicted octanol–water partition coefficient (Wildman–Crippen LogP) is 1.53. The van der Waals surface area contributed by atoms with Crippen LogP contribution in [-0.2, 0) is 6.54 Å². The third-order valence-corrected chi connectivity index (χ3v) is 4.84. The van der Waals surface area contributed by atoms with E-state index < -0.39 is 35.4 Å². The molecule has 1 aliphatic heterocycles. The molecule has 1 aliphatic carbocycles. The molecule has 1 atom stereocenters. The first kappa shape index (κ1) is 20.0. The van der Waals surface area contributed by atoms with Gasteiger partial charge in [-0.15, -0.1) is 0 Å². The van der Waals surface area contributed by atoms with Gasteiger partial charge in [0.1, 0.15) is 5.82 Å². The Bertz CT molecular complexity index is 1250. The number of aromatic nitrogens is 3. The molecule has 2 aliphatic rings. The number of nitrogens with one attached hydrogen (secondary N) is 3. The summed E-state index contributed by atoms with van der Waals surface area (Å²) in [6.45, 7) is -0.516. The molecule has 0 spiro atoms. The van der Waals surface area contributed by atoms with Crippen molar-refractivity contribution >= 4 is 17.5 Å². The molecule has 30 heavy (non-hydrogen) atoms. The zero-order chi connectivity index (χ0) is 21.6. The van der Waals surface area contributed by atoms with Gasteiger partial charge in [-0.2, -0.15) is 4.98 Å². The van der Waals surface area contributed by atoms with E-state index in [0.717, 1.165) is 10.1 Å². The van der Waals surface area contributed by atoms with Gasteiger partial charge in [0.15, 0.2) is 11.6 Å². The number of aromatic amines is 1. The zero-order valence-corrected chi connectivity index (χ0v) is 16.1. The number of hydrogen-bond acceptors (Lipinski definition) is 6. The van der Waals surface area contributed by atoms with Crippen molar-refractivity contribution in [2.24, 2.45) is 0 Å². The number of allylic oxidation sites excluding steroid dienone is 1. The summed E-state index contributed by atoms with van der Waals surface area (Å²) in [6.07, 6.45) is 5.23. The average molecular weight is 439 g/mol. The molecular weight excluding hydrogens is 425 g/mol. The third-order valence-electron chi connectivity index (χ3n) is 4.51. The molecule has 0 bridgehead atoms. The van der Waals surface area contributed by atoms with E-state index >= 15 is 0 Å². The van der Waals surface area contributed by atoms with Crippen molar-refractivity contribution in [2.75, 3.05) is 12.4 Å². The van der Waals surface area contributed by atoms with Crippen molar-refractivity contribution in [1.29, 1.82) is 0 Å². The maximum absolute atomic E-state index is 14.1. The van der Waals surface area contributed by atoms with Gasteiger partial charge in [0.05, 0.1) is 23.3 Å². The first-order valence-electron chi connectivity index (χ1n) is 8.63. The molecule has 1 unspecified atom stereocenters. The molecule has 4 rings (SSSR count). The van der Waals surface area contributed by atoms with Crippen LogP contribution >= 0.6 is 11.6 Å². The second-order valence-corrected chi connectivity index (χ2v) is 7.07. The van der Waals surface area contributed by atoms with Crippen LogP contribution in [0.3, 0.4) is 0 Å². The molecule has 2 heterocycles. The third kappa shape index (κ3) is 3.76. The van der Waals surface area contributed by atoms with Crippen LogP contribution in [0.15, 0.2) is 56.4 Å². The number of anilines is 1. The molecule has 12 heteroatoms. The van der Waals surface area contributed by atoms with Crippen molar-refractivity contribution in [2.45, 2.75) is 12.6 Å². The molecule has 156 valence electrons. The van der Waals surface area contributed by atoms with Crippen molar-refractivity contribution < 1.29 is 13.2 Å². The van der Waals surface area contributed by atoms with Gasteiger partial charge in [0.25, 0.3) is 0 Å². The van der Waals surface area contributed by atoms with Crippen LogP contribution in [-0.4, -0.2) is 32.6 Å². The smallest absolute Gasteiger partial charge is 0.324 e. The van der Waals surface area contributed by atoms with E-state index in [1.54, 1.807) is 24.2 Å². The van der Waals surface area contributed by atoms with Gasteiger partial charge in [-0.1, -0.05) is 11.6 Å². The van der Waals surface area contributed by atoms with Crippen LogP contribution in [0.25, 0.3) is 0 Å². The molecule has 0 saturated heterocycles. The number of halogens is 4. The predicted molar refractivity (Wildman–Crippen MR) is 103 cm³/mol. The Morgan fingerprint density at radius 2 is 1.93 bits per heavy atom. The van der Waals surface area contributed by atoms with E-state index in [2.05, 4.69) is 15.7 Å². The number of hydrogen-bond donors (Lipinski definition) is 3. The van der Waals surface area contributed by atoms with E-state index in [1.165, 1.54) is 0 Å². The normalized spacial score (nSPS) is 18.0. The maximum atomic E-state index is 14.1. The van der Waals surface area contributed by atoms with Gasteiger partial charge in [-0.3, -0.25) is 9.55 Å². The van der Waals surface area contributed by atoms with Gasteiger partial charge < -0.3 is 10.3 Å². The van der Waals surface area contributed by atoms with Crippen molar-refractivity contribution in [3.8, 4) is 0 Å². The van der Waals surface area contributed by atoms with Gasteiger partial charge in [-0.25, -0.2) is 28.2 Å². The second-order valence-electron chi connectivity index (χ2n) is 6.66. The van der Waals surface area contributed by atoms with E-state index in [-0.39, 0.29) is 17.6 Å². The summed E-state index contributed by atoms with van der Waals surface area (Å²) >= 11 is 6.29. The quantitative estimate of drug-likeness (QED) is 0.627. The highest BCUT2D eigenvalue weighted by Gasteiger charge is 2.25. The summed E-state index contributed by atoms with van der Waals surface area (Å²) in [5, 5.41) is 4.82. The fourth-order valence-electron chi connectivity index (χ4n) is 3.12. The van der Waals surface area contributed by atoms with Crippen LogP contribution in [0.2, 0.25) is 0 Å². The largest absolute Gasteiger partial charge is 0.352 e. The van der Waals surface area contributed by atoms with Crippen LogP contribution in [0.5, 0.6) is 0 Å². The molecule has 0 saturated carbocycles. The Balaban J connectivity index is 1.73.